The normalized spacial score (nSPS) is 13.7. The van der Waals surface area contributed by atoms with E-state index in [0.717, 1.165) is 18.4 Å². The van der Waals surface area contributed by atoms with E-state index in [9.17, 15) is 22.9 Å². The summed E-state index contributed by atoms with van der Waals surface area (Å²) >= 11 is 0. The number of alkyl halides is 3. The van der Waals surface area contributed by atoms with E-state index in [2.05, 4.69) is 20.2 Å². The molecule has 2 aromatic rings. The number of amides is 1. The highest BCUT2D eigenvalue weighted by Crippen LogP contribution is 2.32. The van der Waals surface area contributed by atoms with Gasteiger partial charge in [0.1, 0.15) is 11.6 Å². The van der Waals surface area contributed by atoms with Gasteiger partial charge in [-0.2, -0.15) is 0 Å². The molecular formula is C17H14F3N3O3. The van der Waals surface area contributed by atoms with Crippen molar-refractivity contribution in [1.29, 1.82) is 0 Å². The molecule has 0 saturated carbocycles. The maximum Gasteiger partial charge on any atom is 0.573 e. The molecular weight excluding hydrogens is 351 g/mol. The predicted octanol–water partition coefficient (Wildman–Crippen LogP) is 4.51. The average molecular weight is 365 g/mol. The van der Waals surface area contributed by atoms with E-state index in [1.807, 2.05) is 0 Å². The van der Waals surface area contributed by atoms with Gasteiger partial charge in [-0.05, 0) is 48.9 Å². The first-order valence-corrected chi connectivity index (χ1v) is 7.88. The van der Waals surface area contributed by atoms with Gasteiger partial charge in [0.15, 0.2) is 0 Å². The van der Waals surface area contributed by atoms with Crippen LogP contribution >= 0.6 is 0 Å². The Morgan fingerprint density at radius 2 is 1.92 bits per heavy atom. The fourth-order valence-corrected chi connectivity index (χ4v) is 3.00. The fourth-order valence-electron chi connectivity index (χ4n) is 3.00. The molecule has 1 amide bonds. The van der Waals surface area contributed by atoms with Gasteiger partial charge in [0, 0.05) is 23.1 Å². The first kappa shape index (κ1) is 17.8. The van der Waals surface area contributed by atoms with E-state index in [1.54, 1.807) is 6.07 Å². The van der Waals surface area contributed by atoms with Gasteiger partial charge in [0.2, 0.25) is 0 Å². The number of nitrogens with one attached hydrogen (secondary N) is 1. The molecule has 1 heterocycles. The summed E-state index contributed by atoms with van der Waals surface area (Å²) in [6, 6.07) is 5.39. The van der Waals surface area contributed by atoms with Crippen molar-refractivity contribution in [2.24, 2.45) is 5.18 Å². The van der Waals surface area contributed by atoms with Gasteiger partial charge in [-0.3, -0.25) is 4.79 Å². The van der Waals surface area contributed by atoms with Gasteiger partial charge in [0.25, 0.3) is 0 Å². The number of benzene rings is 1. The van der Waals surface area contributed by atoms with Gasteiger partial charge in [-0.1, -0.05) is 6.07 Å². The molecule has 0 bridgehead atoms. The van der Waals surface area contributed by atoms with E-state index < -0.39 is 12.3 Å². The zero-order valence-electron chi connectivity index (χ0n) is 13.5. The van der Waals surface area contributed by atoms with Crippen LogP contribution in [0.2, 0.25) is 0 Å². The lowest BCUT2D eigenvalue weighted by molar-refractivity contribution is -0.274. The van der Waals surface area contributed by atoms with Crippen LogP contribution in [-0.2, 0) is 12.8 Å². The third-order valence-electron chi connectivity index (χ3n) is 4.05. The van der Waals surface area contributed by atoms with Crippen LogP contribution in [0.4, 0.5) is 24.7 Å². The maximum atomic E-state index is 12.4. The molecule has 0 spiro atoms. The molecule has 0 atom stereocenters. The third kappa shape index (κ3) is 3.98. The van der Waals surface area contributed by atoms with Crippen LogP contribution in [0.25, 0.3) is 0 Å². The second-order valence-electron chi connectivity index (χ2n) is 5.78. The Bertz CT molecular complexity index is 853. The second kappa shape index (κ2) is 7.11. The molecule has 1 aliphatic rings. The number of anilines is 2. The Morgan fingerprint density at radius 3 is 2.62 bits per heavy atom. The van der Waals surface area contributed by atoms with Crippen LogP contribution in [0.3, 0.4) is 0 Å². The minimum absolute atomic E-state index is 0.175. The van der Waals surface area contributed by atoms with Crippen molar-refractivity contribution >= 4 is 17.4 Å². The highest BCUT2D eigenvalue weighted by atomic mass is 19.4. The molecule has 9 heteroatoms. The Labute approximate surface area is 146 Å². The average Bonchev–Trinajstić information content (AvgIpc) is 2.60. The Kier molecular flexibility index (Phi) is 4.88. The Morgan fingerprint density at radius 1 is 1.19 bits per heavy atom. The fraction of sp³-hybridized carbons (Fsp3) is 0.294. The third-order valence-corrected chi connectivity index (χ3v) is 4.05. The molecule has 0 radical (unpaired) electrons. The highest BCUT2D eigenvalue weighted by molar-refractivity contribution is 5.96. The number of ether oxygens (including phenoxy) is 1. The monoisotopic (exact) mass is 365 g/mol. The van der Waals surface area contributed by atoms with E-state index in [0.29, 0.717) is 29.9 Å². The van der Waals surface area contributed by atoms with E-state index in [-0.39, 0.29) is 11.3 Å². The van der Waals surface area contributed by atoms with Gasteiger partial charge < -0.3 is 10.1 Å². The van der Waals surface area contributed by atoms with Crippen molar-refractivity contribution in [2.75, 3.05) is 5.32 Å². The lowest BCUT2D eigenvalue weighted by Crippen LogP contribution is -2.17. The summed E-state index contributed by atoms with van der Waals surface area (Å²) in [6.07, 6.45) is -0.507. The first-order valence-electron chi connectivity index (χ1n) is 7.88. The van der Waals surface area contributed by atoms with E-state index in [4.69, 9.17) is 0 Å². The molecule has 0 aliphatic heterocycles. The van der Waals surface area contributed by atoms with Crippen LogP contribution < -0.4 is 10.1 Å². The molecule has 1 aromatic heterocycles. The van der Waals surface area contributed by atoms with Crippen molar-refractivity contribution in [3.63, 3.8) is 0 Å². The molecule has 1 aliphatic carbocycles. The number of carbonyl (C=O) groups is 1. The smallest absolute Gasteiger partial charge is 0.406 e. The number of hydrogen-bond donors (Lipinski definition) is 1. The summed E-state index contributed by atoms with van der Waals surface area (Å²) in [5, 5.41) is 5.42. The molecule has 1 N–H and O–H groups in total. The number of rotatable bonds is 4. The quantitative estimate of drug-likeness (QED) is 0.807. The Balaban J connectivity index is 1.92. The van der Waals surface area contributed by atoms with Crippen molar-refractivity contribution in [2.45, 2.75) is 32.0 Å². The largest absolute Gasteiger partial charge is 0.573 e. The number of fused-ring (bicyclic) bond motifs is 1. The van der Waals surface area contributed by atoms with Crippen LogP contribution in [0, 0.1) is 4.91 Å². The zero-order valence-corrected chi connectivity index (χ0v) is 13.5. The van der Waals surface area contributed by atoms with Crippen molar-refractivity contribution < 1.29 is 22.7 Å². The van der Waals surface area contributed by atoms with Crippen molar-refractivity contribution in [3.05, 3.63) is 52.1 Å². The number of nitrogens with zero attached hydrogens (tertiary/aromatic N) is 2. The number of nitroso groups, excluding NO2 is 1. The summed E-state index contributed by atoms with van der Waals surface area (Å²) < 4.78 is 41.0. The van der Waals surface area contributed by atoms with E-state index in [1.165, 1.54) is 24.4 Å². The molecule has 0 fully saturated rings. The summed E-state index contributed by atoms with van der Waals surface area (Å²) in [5.74, 6) is -0.789. The van der Waals surface area contributed by atoms with Gasteiger partial charge in [-0.15, -0.1) is 18.1 Å². The van der Waals surface area contributed by atoms with Crippen LogP contribution in [0.5, 0.6) is 5.75 Å². The number of pyridine rings is 1. The number of aromatic nitrogens is 1. The number of hydrogen-bond acceptors (Lipinski definition) is 5. The van der Waals surface area contributed by atoms with Gasteiger partial charge in [-0.25, -0.2) is 4.98 Å². The predicted molar refractivity (Wildman–Crippen MR) is 87.4 cm³/mol. The van der Waals surface area contributed by atoms with Crippen LogP contribution in [-0.4, -0.2) is 17.3 Å². The standard InChI is InChI=1S/C17H14F3N3O3/c18-17(19,20)26-11-5-3-4-10(8-11)22-15-13-7-2-1-6-12(13)14(9-21-15)16(24)23-25/h3-5,8-9H,1-2,6-7H2,(H,21,22). The lowest BCUT2D eigenvalue weighted by atomic mass is 9.89. The summed E-state index contributed by atoms with van der Waals surface area (Å²) in [7, 11) is 0. The molecule has 3 rings (SSSR count). The summed E-state index contributed by atoms with van der Waals surface area (Å²) in [5.41, 5.74) is 2.02. The molecule has 6 nitrogen and oxygen atoms in total. The van der Waals surface area contributed by atoms with Gasteiger partial charge in [0.05, 0.1) is 5.56 Å². The molecule has 0 unspecified atom stereocenters. The second-order valence-corrected chi connectivity index (χ2v) is 5.78. The number of carbonyl (C=O) groups excluding carboxylic acids is 1. The first-order chi connectivity index (χ1) is 12.4. The molecule has 0 saturated heterocycles. The topological polar surface area (TPSA) is 80.7 Å². The molecule has 26 heavy (non-hydrogen) atoms. The minimum Gasteiger partial charge on any atom is -0.406 e. The minimum atomic E-state index is -4.78. The highest BCUT2D eigenvalue weighted by Gasteiger charge is 2.31. The maximum absolute atomic E-state index is 12.4. The lowest BCUT2D eigenvalue weighted by Gasteiger charge is -2.21. The Hall–Kier alpha value is -2.97. The van der Waals surface area contributed by atoms with Crippen LogP contribution in [0.15, 0.2) is 35.6 Å². The summed E-state index contributed by atoms with van der Waals surface area (Å²) in [4.78, 5) is 26.4. The summed E-state index contributed by atoms with van der Waals surface area (Å²) in [6.45, 7) is 0. The van der Waals surface area contributed by atoms with Crippen molar-refractivity contribution in [3.8, 4) is 5.75 Å². The van der Waals surface area contributed by atoms with Crippen molar-refractivity contribution in [1.82, 2.24) is 4.98 Å². The SMILES string of the molecule is O=NC(=O)c1cnc(Nc2cccc(OC(F)(F)F)c2)c2c1CCCC2. The number of halogens is 3. The van der Waals surface area contributed by atoms with E-state index >= 15 is 0 Å². The molecule has 136 valence electrons. The molecule has 1 aromatic carbocycles. The van der Waals surface area contributed by atoms with Gasteiger partial charge >= 0.3 is 12.3 Å². The zero-order chi connectivity index (χ0) is 18.7. The van der Waals surface area contributed by atoms with Crippen LogP contribution in [0.1, 0.15) is 34.3 Å².